The van der Waals surface area contributed by atoms with Crippen molar-refractivity contribution in [3.05, 3.63) is 23.3 Å². The molecule has 5 nitrogen and oxygen atoms in total. The predicted octanol–water partition coefficient (Wildman–Crippen LogP) is 2.48. The third kappa shape index (κ3) is 2.51. The number of aliphatic hydroxyl groups is 1. The Hall–Kier alpha value is -1.58. The lowest BCUT2D eigenvalue weighted by Gasteiger charge is -2.40. The lowest BCUT2D eigenvalue weighted by atomic mass is 9.90. The molecule has 0 aliphatic carbocycles. The molecule has 1 amide bonds. The summed E-state index contributed by atoms with van der Waals surface area (Å²) in [5.74, 6) is 0.205. The van der Waals surface area contributed by atoms with Crippen LogP contribution in [0, 0.1) is 11.3 Å². The molecular formula is C14H15BrN2O3. The number of carbonyl (C=O) groups is 1. The number of benzene rings is 1. The molecule has 1 aromatic rings. The van der Waals surface area contributed by atoms with Crippen molar-refractivity contribution in [3.8, 4) is 11.8 Å². The Kier molecular flexibility index (Phi) is 3.76. The van der Waals surface area contributed by atoms with Gasteiger partial charge in [-0.3, -0.25) is 4.79 Å². The number of nitrogens with one attached hydrogen (secondary N) is 1. The van der Waals surface area contributed by atoms with E-state index in [4.69, 9.17) is 10.00 Å². The molecule has 1 aliphatic rings. The first kappa shape index (κ1) is 14.8. The first-order chi connectivity index (χ1) is 9.26. The third-order valence-electron chi connectivity index (χ3n) is 3.21. The van der Waals surface area contributed by atoms with Crippen LogP contribution in [0.2, 0.25) is 0 Å². The fourth-order valence-electron chi connectivity index (χ4n) is 2.18. The number of alkyl halides is 1. The van der Waals surface area contributed by atoms with E-state index >= 15 is 0 Å². The highest BCUT2D eigenvalue weighted by molar-refractivity contribution is 9.09. The monoisotopic (exact) mass is 338 g/mol. The molecule has 0 spiro atoms. The molecule has 0 unspecified atom stereocenters. The molecule has 0 saturated carbocycles. The number of aliphatic hydroxyl groups excluding tert-OH is 1. The van der Waals surface area contributed by atoms with Gasteiger partial charge in [0.15, 0.2) is 0 Å². The average Bonchev–Trinajstić information content (AvgIpc) is 2.35. The Morgan fingerprint density at radius 3 is 2.75 bits per heavy atom. The highest BCUT2D eigenvalue weighted by Crippen LogP contribution is 2.45. The molecule has 2 rings (SSSR count). The zero-order valence-corrected chi connectivity index (χ0v) is 13.0. The lowest BCUT2D eigenvalue weighted by Crippen LogP contribution is -2.45. The molecule has 0 radical (unpaired) electrons. The van der Waals surface area contributed by atoms with Crippen LogP contribution in [0.1, 0.15) is 38.0 Å². The number of hydrogen-bond donors (Lipinski definition) is 2. The Morgan fingerprint density at radius 1 is 1.55 bits per heavy atom. The van der Waals surface area contributed by atoms with Gasteiger partial charge in [0.05, 0.1) is 22.2 Å². The molecule has 2 atom stereocenters. The number of amides is 1. The second-order valence-corrected chi connectivity index (χ2v) is 6.27. The Balaban J connectivity index is 2.55. The first-order valence-electron chi connectivity index (χ1n) is 6.13. The number of anilines is 1. The zero-order chi connectivity index (χ0) is 15.1. The van der Waals surface area contributed by atoms with Gasteiger partial charge in [-0.1, -0.05) is 15.9 Å². The molecule has 1 aliphatic heterocycles. The predicted molar refractivity (Wildman–Crippen MR) is 77.8 cm³/mol. The van der Waals surface area contributed by atoms with Crippen LogP contribution in [0.25, 0.3) is 0 Å². The highest BCUT2D eigenvalue weighted by atomic mass is 79.9. The SMILES string of the molecule is CC(=O)Nc1cc2c(cc1C#N)[C@H](O)[C@@H](Br)C(C)(C)O2. The van der Waals surface area contributed by atoms with Gasteiger partial charge < -0.3 is 15.2 Å². The van der Waals surface area contributed by atoms with Crippen LogP contribution in [-0.4, -0.2) is 21.4 Å². The van der Waals surface area contributed by atoms with E-state index in [1.54, 1.807) is 12.1 Å². The van der Waals surface area contributed by atoms with Crippen LogP contribution in [-0.2, 0) is 4.79 Å². The molecule has 0 aromatic heterocycles. The lowest BCUT2D eigenvalue weighted by molar-refractivity contribution is -0.114. The van der Waals surface area contributed by atoms with E-state index in [0.717, 1.165) is 0 Å². The summed E-state index contributed by atoms with van der Waals surface area (Å²) in [5.41, 5.74) is 0.612. The molecule has 0 saturated heterocycles. The minimum atomic E-state index is -0.785. The molecule has 106 valence electrons. The number of ether oxygens (including phenoxy) is 1. The van der Waals surface area contributed by atoms with E-state index < -0.39 is 11.7 Å². The summed E-state index contributed by atoms with van der Waals surface area (Å²) in [4.78, 5) is 10.9. The second kappa shape index (κ2) is 5.08. The van der Waals surface area contributed by atoms with Gasteiger partial charge in [0.2, 0.25) is 5.91 Å². The summed E-state index contributed by atoms with van der Waals surface area (Å²) in [5, 5.41) is 22.1. The van der Waals surface area contributed by atoms with Gasteiger partial charge in [-0.05, 0) is 19.9 Å². The van der Waals surface area contributed by atoms with Crippen LogP contribution < -0.4 is 10.1 Å². The van der Waals surface area contributed by atoms with E-state index in [1.165, 1.54) is 6.92 Å². The molecular weight excluding hydrogens is 324 g/mol. The Morgan fingerprint density at radius 2 is 2.20 bits per heavy atom. The van der Waals surface area contributed by atoms with Crippen LogP contribution >= 0.6 is 15.9 Å². The maximum Gasteiger partial charge on any atom is 0.221 e. The standard InChI is InChI=1S/C14H15BrN2O3/c1-7(18)17-10-5-11-9(4-8(10)6-16)12(19)13(15)14(2,3)20-11/h4-5,12-13,19H,1-3H3,(H,17,18)/t12-,13+/m0/s1. The minimum absolute atomic E-state index is 0.268. The van der Waals surface area contributed by atoms with E-state index in [9.17, 15) is 9.90 Å². The van der Waals surface area contributed by atoms with Crippen LogP contribution in [0.4, 0.5) is 5.69 Å². The van der Waals surface area contributed by atoms with Gasteiger partial charge in [-0.15, -0.1) is 0 Å². The molecule has 2 N–H and O–H groups in total. The van der Waals surface area contributed by atoms with Gasteiger partial charge >= 0.3 is 0 Å². The van der Waals surface area contributed by atoms with Gasteiger partial charge in [0.25, 0.3) is 0 Å². The molecule has 6 heteroatoms. The van der Waals surface area contributed by atoms with E-state index in [2.05, 4.69) is 21.2 Å². The van der Waals surface area contributed by atoms with Gasteiger partial charge in [0.1, 0.15) is 17.4 Å². The van der Waals surface area contributed by atoms with Gasteiger partial charge in [-0.2, -0.15) is 5.26 Å². The van der Waals surface area contributed by atoms with Crippen molar-refractivity contribution in [2.75, 3.05) is 5.32 Å². The topological polar surface area (TPSA) is 82.4 Å². The number of nitrogens with zero attached hydrogens (tertiary/aromatic N) is 1. The normalized spacial score (nSPS) is 23.2. The molecule has 1 heterocycles. The smallest absolute Gasteiger partial charge is 0.221 e. The van der Waals surface area contributed by atoms with Crippen LogP contribution in [0.3, 0.4) is 0 Å². The van der Waals surface area contributed by atoms with E-state index in [1.807, 2.05) is 19.9 Å². The van der Waals surface area contributed by atoms with E-state index in [-0.39, 0.29) is 10.7 Å². The minimum Gasteiger partial charge on any atom is -0.486 e. The molecule has 0 fully saturated rings. The molecule has 0 bridgehead atoms. The fourth-order valence-corrected chi connectivity index (χ4v) is 2.56. The largest absolute Gasteiger partial charge is 0.486 e. The maximum absolute atomic E-state index is 11.2. The summed E-state index contributed by atoms with van der Waals surface area (Å²) in [7, 11) is 0. The summed E-state index contributed by atoms with van der Waals surface area (Å²) in [6.45, 7) is 5.08. The highest BCUT2D eigenvalue weighted by Gasteiger charge is 2.42. The number of fused-ring (bicyclic) bond motifs is 1. The van der Waals surface area contributed by atoms with Gasteiger partial charge in [0, 0.05) is 18.6 Å². The number of hydrogen-bond acceptors (Lipinski definition) is 4. The average molecular weight is 339 g/mol. The Labute approximate surface area is 125 Å². The number of halogens is 1. The fraction of sp³-hybridized carbons (Fsp3) is 0.429. The quantitative estimate of drug-likeness (QED) is 0.770. The van der Waals surface area contributed by atoms with Crippen molar-refractivity contribution in [1.29, 1.82) is 5.26 Å². The number of nitriles is 1. The molecule has 1 aromatic carbocycles. The third-order valence-corrected chi connectivity index (χ3v) is 4.82. The van der Waals surface area contributed by atoms with Crippen LogP contribution in [0.15, 0.2) is 12.1 Å². The van der Waals surface area contributed by atoms with Crippen molar-refractivity contribution < 1.29 is 14.6 Å². The van der Waals surface area contributed by atoms with Gasteiger partial charge in [-0.25, -0.2) is 0 Å². The summed E-state index contributed by atoms with van der Waals surface area (Å²) in [6.07, 6.45) is -0.785. The summed E-state index contributed by atoms with van der Waals surface area (Å²) < 4.78 is 5.86. The van der Waals surface area contributed by atoms with Crippen molar-refractivity contribution >= 4 is 27.5 Å². The summed E-state index contributed by atoms with van der Waals surface area (Å²) in [6, 6.07) is 5.14. The zero-order valence-electron chi connectivity index (χ0n) is 11.4. The Bertz CT molecular complexity index is 607. The van der Waals surface area contributed by atoms with Crippen molar-refractivity contribution in [3.63, 3.8) is 0 Å². The van der Waals surface area contributed by atoms with E-state index in [0.29, 0.717) is 22.6 Å². The number of carbonyl (C=O) groups excluding carboxylic acids is 1. The van der Waals surface area contributed by atoms with Crippen molar-refractivity contribution in [1.82, 2.24) is 0 Å². The van der Waals surface area contributed by atoms with Crippen LogP contribution in [0.5, 0.6) is 5.75 Å². The number of rotatable bonds is 1. The maximum atomic E-state index is 11.2. The first-order valence-corrected chi connectivity index (χ1v) is 7.04. The second-order valence-electron chi connectivity index (χ2n) is 5.28. The molecule has 20 heavy (non-hydrogen) atoms. The summed E-state index contributed by atoms with van der Waals surface area (Å²) >= 11 is 3.42. The van der Waals surface area contributed by atoms with Crippen molar-refractivity contribution in [2.24, 2.45) is 0 Å². The van der Waals surface area contributed by atoms with Crippen molar-refractivity contribution in [2.45, 2.75) is 37.3 Å².